The number of nitrogens with zero attached hydrogens (tertiary/aromatic N) is 8. The highest BCUT2D eigenvalue weighted by Crippen LogP contribution is 2.36. The number of hydrogen-bond donors (Lipinski definition) is 1. The molecule has 1 amide bonds. The molecule has 2 aromatic heterocycles. The second-order valence-electron chi connectivity index (χ2n) is 13.0. The molecule has 0 spiro atoms. The number of anilines is 1. The summed E-state index contributed by atoms with van der Waals surface area (Å²) in [4.78, 5) is 28.8. The van der Waals surface area contributed by atoms with Gasteiger partial charge >= 0.3 is 0 Å². The number of nitrogens with two attached hydrogens (primary N) is 1. The van der Waals surface area contributed by atoms with E-state index in [1.165, 1.54) is 12.4 Å². The van der Waals surface area contributed by atoms with Crippen LogP contribution in [0.4, 0.5) is 10.2 Å². The zero-order chi connectivity index (χ0) is 33.9. The number of ether oxygens (including phenoxy) is 1. The number of amides is 1. The van der Waals surface area contributed by atoms with E-state index >= 15 is 4.39 Å². The lowest BCUT2D eigenvalue weighted by molar-refractivity contribution is -0.132. The van der Waals surface area contributed by atoms with Crippen molar-refractivity contribution in [2.24, 2.45) is 0 Å². The van der Waals surface area contributed by atoms with Crippen molar-refractivity contribution >= 4 is 22.8 Å². The Morgan fingerprint density at radius 1 is 1.12 bits per heavy atom. The molecule has 48 heavy (non-hydrogen) atoms. The van der Waals surface area contributed by atoms with Gasteiger partial charge in [-0.05, 0) is 64.9 Å². The Labute approximate surface area is 280 Å². The third-order valence-corrected chi connectivity index (χ3v) is 9.68. The molecule has 11 nitrogen and oxygen atoms in total. The Balaban J connectivity index is 1.20. The molecule has 1 unspecified atom stereocenters. The maximum absolute atomic E-state index is 15.6. The van der Waals surface area contributed by atoms with Crippen molar-refractivity contribution in [3.8, 4) is 28.8 Å². The molecule has 250 valence electrons. The fourth-order valence-corrected chi connectivity index (χ4v) is 6.78. The van der Waals surface area contributed by atoms with E-state index in [0.717, 1.165) is 25.9 Å². The first-order valence-electron chi connectivity index (χ1n) is 16.5. The number of piperazine rings is 1. The van der Waals surface area contributed by atoms with E-state index in [2.05, 4.69) is 53.7 Å². The van der Waals surface area contributed by atoms with Gasteiger partial charge in [-0.3, -0.25) is 14.6 Å². The normalized spacial score (nSPS) is 21.6. The second-order valence-corrected chi connectivity index (χ2v) is 13.0. The minimum absolute atomic E-state index is 0.0369. The van der Waals surface area contributed by atoms with Gasteiger partial charge in [0.2, 0.25) is 5.91 Å². The molecular formula is C36H42FN9O2. The first-order valence-corrected chi connectivity index (χ1v) is 16.5. The smallest absolute Gasteiger partial charge is 0.227 e. The lowest BCUT2D eigenvalue weighted by Crippen LogP contribution is -2.56. The van der Waals surface area contributed by atoms with Crippen molar-refractivity contribution in [1.29, 1.82) is 5.26 Å². The summed E-state index contributed by atoms with van der Waals surface area (Å²) in [6, 6.07) is 16.7. The SMILES string of the molecule is CC(/C=C(/C#N)CC(=O)N1CCC[C@@H](n2nc(-c3ccc(Oc4ccccc4)cc3F)c3c(N)ncnc32)C1)N1C[C@@H](C)N(C)[C@@H](C)C1. The molecule has 0 bridgehead atoms. The molecule has 2 fully saturated rings. The first kappa shape index (κ1) is 33.1. The van der Waals surface area contributed by atoms with Crippen LogP contribution < -0.4 is 10.5 Å². The number of nitrogen functional groups attached to an aromatic ring is 1. The van der Waals surface area contributed by atoms with Crippen LogP contribution in [-0.2, 0) is 4.79 Å². The number of para-hydroxylation sites is 1. The highest BCUT2D eigenvalue weighted by Gasteiger charge is 2.31. The second kappa shape index (κ2) is 14.1. The maximum Gasteiger partial charge on any atom is 0.227 e. The number of carbonyl (C=O) groups excluding carboxylic acids is 1. The topological polar surface area (TPSA) is 129 Å². The number of hydrogen-bond acceptors (Lipinski definition) is 9. The Morgan fingerprint density at radius 2 is 1.88 bits per heavy atom. The summed E-state index contributed by atoms with van der Waals surface area (Å²) in [6.07, 6.45) is 4.82. The molecule has 2 aliphatic heterocycles. The lowest BCUT2D eigenvalue weighted by atomic mass is 10.0. The molecule has 12 heteroatoms. The number of carbonyl (C=O) groups is 1. The molecule has 2 N–H and O–H groups in total. The highest BCUT2D eigenvalue weighted by atomic mass is 19.1. The van der Waals surface area contributed by atoms with Crippen LogP contribution in [0, 0.1) is 17.1 Å². The standard InChI is InChI=1S/C36H42FN9O2/c1-23(45-19-24(2)43(4)25(3)20-45)15-26(18-38)16-32(47)44-14-8-9-27(21-44)46-36-33(35(39)40-22-41-36)34(42-46)30-13-12-29(17-31(30)37)48-28-10-6-5-7-11-28/h5-7,10-13,15,17,22-25,27H,8-9,14,16,19-21H2,1-4H3,(H2,39,40,41)/b26-15+/t23?,24-,25+,27-/m1/s1. The van der Waals surface area contributed by atoms with Crippen LogP contribution in [0.5, 0.6) is 11.5 Å². The molecule has 6 rings (SSSR count). The van der Waals surface area contributed by atoms with Crippen molar-refractivity contribution in [2.75, 3.05) is 39.0 Å². The Kier molecular flexibility index (Phi) is 9.71. The predicted octanol–water partition coefficient (Wildman–Crippen LogP) is 5.42. The summed E-state index contributed by atoms with van der Waals surface area (Å²) in [6.45, 7) is 9.28. The molecule has 0 aliphatic carbocycles. The van der Waals surface area contributed by atoms with E-state index in [-0.39, 0.29) is 35.8 Å². The average molecular weight is 652 g/mol. The number of fused-ring (bicyclic) bond motifs is 1. The number of likely N-dealkylation sites (tertiary alicyclic amines) is 1. The third kappa shape index (κ3) is 6.88. The number of halogens is 1. The van der Waals surface area contributed by atoms with Gasteiger partial charge in [-0.15, -0.1) is 0 Å². The molecule has 4 heterocycles. The van der Waals surface area contributed by atoms with Gasteiger partial charge in [0, 0.05) is 61.5 Å². The number of aromatic nitrogens is 4. The number of piperidine rings is 1. The van der Waals surface area contributed by atoms with Crippen molar-refractivity contribution in [3.05, 3.63) is 72.3 Å². The monoisotopic (exact) mass is 651 g/mol. The lowest BCUT2D eigenvalue weighted by Gasteiger charge is -2.44. The van der Waals surface area contributed by atoms with Gasteiger partial charge in [0.25, 0.3) is 0 Å². The van der Waals surface area contributed by atoms with Gasteiger partial charge in [-0.25, -0.2) is 19.0 Å². The fraction of sp³-hybridized carbons (Fsp3) is 0.417. The van der Waals surface area contributed by atoms with Gasteiger partial charge < -0.3 is 15.4 Å². The van der Waals surface area contributed by atoms with Crippen LogP contribution in [0.15, 0.2) is 66.5 Å². The summed E-state index contributed by atoms with van der Waals surface area (Å²) in [7, 11) is 2.14. The highest BCUT2D eigenvalue weighted by molar-refractivity contribution is 5.98. The van der Waals surface area contributed by atoms with Crippen molar-refractivity contribution in [2.45, 2.75) is 64.2 Å². The van der Waals surface area contributed by atoms with Crippen LogP contribution in [0.2, 0.25) is 0 Å². The van der Waals surface area contributed by atoms with Crippen molar-refractivity contribution in [3.63, 3.8) is 0 Å². The first-order chi connectivity index (χ1) is 23.1. The van der Waals surface area contributed by atoms with E-state index in [4.69, 9.17) is 15.6 Å². The largest absolute Gasteiger partial charge is 0.457 e. The molecule has 4 atom stereocenters. The van der Waals surface area contributed by atoms with Gasteiger partial charge in [0.15, 0.2) is 5.65 Å². The van der Waals surface area contributed by atoms with E-state index in [9.17, 15) is 10.1 Å². The van der Waals surface area contributed by atoms with E-state index < -0.39 is 5.82 Å². The van der Waals surface area contributed by atoms with Crippen LogP contribution in [0.3, 0.4) is 0 Å². The molecule has 2 aromatic carbocycles. The van der Waals surface area contributed by atoms with Gasteiger partial charge in [-0.2, -0.15) is 10.4 Å². The van der Waals surface area contributed by atoms with Crippen molar-refractivity contribution in [1.82, 2.24) is 34.4 Å². The van der Waals surface area contributed by atoms with E-state index in [1.54, 1.807) is 33.8 Å². The number of nitriles is 1. The fourth-order valence-electron chi connectivity index (χ4n) is 6.78. The molecule has 2 aliphatic rings. The van der Waals surface area contributed by atoms with Crippen LogP contribution in [-0.4, -0.2) is 91.7 Å². The summed E-state index contributed by atoms with van der Waals surface area (Å²) >= 11 is 0. The molecular weight excluding hydrogens is 609 g/mol. The van der Waals surface area contributed by atoms with Crippen LogP contribution in [0.25, 0.3) is 22.3 Å². The van der Waals surface area contributed by atoms with E-state index in [0.29, 0.717) is 59.0 Å². The summed E-state index contributed by atoms with van der Waals surface area (Å²) in [5.74, 6) is 0.509. The van der Waals surface area contributed by atoms with Crippen LogP contribution >= 0.6 is 0 Å². The Hall–Kier alpha value is -4.86. The molecule has 2 saturated heterocycles. The predicted molar refractivity (Wildman–Crippen MR) is 183 cm³/mol. The summed E-state index contributed by atoms with van der Waals surface area (Å²) in [5, 5.41) is 15.3. The zero-order valence-electron chi connectivity index (χ0n) is 27.9. The van der Waals surface area contributed by atoms with Crippen LogP contribution in [0.1, 0.15) is 46.1 Å². The van der Waals surface area contributed by atoms with Gasteiger partial charge in [0.1, 0.15) is 35.2 Å². The number of rotatable bonds is 8. The molecule has 0 saturated carbocycles. The third-order valence-electron chi connectivity index (χ3n) is 9.68. The number of likely N-dealkylation sites (N-methyl/N-ethyl adjacent to an activating group) is 1. The maximum atomic E-state index is 15.6. The van der Waals surface area contributed by atoms with Crippen molar-refractivity contribution < 1.29 is 13.9 Å². The average Bonchev–Trinajstić information content (AvgIpc) is 3.48. The molecule has 4 aromatic rings. The van der Waals surface area contributed by atoms with E-state index in [1.807, 2.05) is 24.3 Å². The minimum atomic E-state index is -0.524. The zero-order valence-corrected chi connectivity index (χ0v) is 27.9. The summed E-state index contributed by atoms with van der Waals surface area (Å²) in [5.41, 5.74) is 7.83. The number of benzene rings is 2. The van der Waals surface area contributed by atoms with Gasteiger partial charge in [0.05, 0.1) is 23.9 Å². The van der Waals surface area contributed by atoms with Gasteiger partial charge in [-0.1, -0.05) is 24.3 Å². The summed E-state index contributed by atoms with van der Waals surface area (Å²) < 4.78 is 23.2. The minimum Gasteiger partial charge on any atom is -0.457 e. The Bertz CT molecular complexity index is 1840. The molecule has 0 radical (unpaired) electrons. The Morgan fingerprint density at radius 3 is 2.58 bits per heavy atom. The quantitative estimate of drug-likeness (QED) is 0.248.